The van der Waals surface area contributed by atoms with Gasteiger partial charge in [0, 0.05) is 36.7 Å². The van der Waals surface area contributed by atoms with Crippen molar-refractivity contribution in [1.82, 2.24) is 4.98 Å². The van der Waals surface area contributed by atoms with Crippen molar-refractivity contribution in [3.8, 4) is 0 Å². The van der Waals surface area contributed by atoms with Gasteiger partial charge in [-0.1, -0.05) is 12.8 Å². The molecular weight excluding hydrogens is 198 g/mol. The van der Waals surface area contributed by atoms with Crippen LogP contribution in [0.5, 0.6) is 0 Å². The Labute approximate surface area is 97.7 Å². The molecule has 2 rings (SSSR count). The molecule has 3 heteroatoms. The summed E-state index contributed by atoms with van der Waals surface area (Å²) in [4.78, 5) is 6.71. The normalized spacial score (nSPS) is 21.9. The highest BCUT2D eigenvalue weighted by molar-refractivity contribution is 5.47. The molecule has 1 aromatic heterocycles. The molecule has 0 amide bonds. The van der Waals surface area contributed by atoms with E-state index in [9.17, 15) is 0 Å². The van der Waals surface area contributed by atoms with E-state index >= 15 is 0 Å². The lowest BCUT2D eigenvalue weighted by Crippen LogP contribution is -2.40. The fourth-order valence-corrected chi connectivity index (χ4v) is 2.47. The third-order valence-electron chi connectivity index (χ3n) is 3.36. The molecule has 0 aromatic carbocycles. The summed E-state index contributed by atoms with van der Waals surface area (Å²) in [5.41, 5.74) is 8.24. The molecule has 0 spiro atoms. The molecule has 1 aliphatic rings. The average Bonchev–Trinajstić information content (AvgIpc) is 2.53. The maximum absolute atomic E-state index is 5.88. The number of anilines is 1. The molecule has 1 aromatic rings. The van der Waals surface area contributed by atoms with E-state index in [4.69, 9.17) is 5.73 Å². The van der Waals surface area contributed by atoms with Gasteiger partial charge in [-0.05, 0) is 31.9 Å². The molecule has 0 aliphatic carbocycles. The molecule has 0 radical (unpaired) electrons. The monoisotopic (exact) mass is 219 g/mol. The Hall–Kier alpha value is -1.09. The Kier molecular flexibility index (Phi) is 3.78. The van der Waals surface area contributed by atoms with E-state index in [1.54, 1.807) is 0 Å². The van der Waals surface area contributed by atoms with Gasteiger partial charge in [0.15, 0.2) is 0 Å². The minimum atomic E-state index is 0.504. The van der Waals surface area contributed by atoms with Crippen LogP contribution in [-0.2, 0) is 0 Å². The van der Waals surface area contributed by atoms with Gasteiger partial charge in [0.2, 0.25) is 0 Å². The second kappa shape index (κ2) is 5.30. The molecule has 16 heavy (non-hydrogen) atoms. The van der Waals surface area contributed by atoms with Gasteiger partial charge in [0.05, 0.1) is 0 Å². The van der Waals surface area contributed by atoms with Gasteiger partial charge >= 0.3 is 0 Å². The average molecular weight is 219 g/mol. The van der Waals surface area contributed by atoms with Crippen LogP contribution in [0.15, 0.2) is 18.3 Å². The van der Waals surface area contributed by atoms with Crippen molar-refractivity contribution in [2.75, 3.05) is 18.0 Å². The van der Waals surface area contributed by atoms with E-state index in [-0.39, 0.29) is 0 Å². The van der Waals surface area contributed by atoms with Crippen molar-refractivity contribution in [2.45, 2.75) is 38.6 Å². The van der Waals surface area contributed by atoms with Crippen molar-refractivity contribution in [1.29, 1.82) is 0 Å². The van der Waals surface area contributed by atoms with Crippen LogP contribution in [0.4, 0.5) is 5.69 Å². The number of hydrogen-bond donors (Lipinski definition) is 1. The van der Waals surface area contributed by atoms with Crippen molar-refractivity contribution >= 4 is 5.69 Å². The fraction of sp³-hybridized carbons (Fsp3) is 0.615. The summed E-state index contributed by atoms with van der Waals surface area (Å²) >= 11 is 0. The molecule has 1 aliphatic heterocycles. The van der Waals surface area contributed by atoms with Crippen molar-refractivity contribution in [3.05, 3.63) is 24.0 Å². The van der Waals surface area contributed by atoms with Crippen molar-refractivity contribution < 1.29 is 0 Å². The standard InChI is InChI=1S/C13H21N3/c1-11-9-12(6-7-15-11)16-8-4-2-3-5-13(16)10-14/h6-7,9,13H,2-5,8,10,14H2,1H3. The number of hydrogen-bond acceptors (Lipinski definition) is 3. The first kappa shape index (κ1) is 11.4. The summed E-state index contributed by atoms with van der Waals surface area (Å²) in [6.07, 6.45) is 7.03. The SMILES string of the molecule is Cc1cc(N2CCCCCC2CN)ccn1. The number of nitrogens with two attached hydrogens (primary N) is 1. The smallest absolute Gasteiger partial charge is 0.0412 e. The number of rotatable bonds is 2. The maximum Gasteiger partial charge on any atom is 0.0412 e. The van der Waals surface area contributed by atoms with Crippen LogP contribution < -0.4 is 10.6 Å². The van der Waals surface area contributed by atoms with Gasteiger partial charge in [-0.25, -0.2) is 0 Å². The predicted molar refractivity (Wildman–Crippen MR) is 67.6 cm³/mol. The van der Waals surface area contributed by atoms with Gasteiger partial charge in [-0.15, -0.1) is 0 Å². The van der Waals surface area contributed by atoms with Gasteiger partial charge in [0.25, 0.3) is 0 Å². The summed E-state index contributed by atoms with van der Waals surface area (Å²) in [5, 5.41) is 0. The van der Waals surface area contributed by atoms with E-state index in [1.807, 2.05) is 13.1 Å². The quantitative estimate of drug-likeness (QED) is 0.828. The van der Waals surface area contributed by atoms with Gasteiger partial charge in [-0.3, -0.25) is 4.98 Å². The van der Waals surface area contributed by atoms with Crippen molar-refractivity contribution in [2.24, 2.45) is 5.73 Å². The molecule has 0 saturated carbocycles. The second-order valence-electron chi connectivity index (χ2n) is 4.59. The zero-order valence-electron chi connectivity index (χ0n) is 10.0. The Balaban J connectivity index is 2.21. The first-order valence-electron chi connectivity index (χ1n) is 6.20. The molecular formula is C13H21N3. The predicted octanol–water partition coefficient (Wildman–Crippen LogP) is 2.10. The van der Waals surface area contributed by atoms with Gasteiger partial charge in [-0.2, -0.15) is 0 Å². The Bertz CT molecular complexity index is 338. The lowest BCUT2D eigenvalue weighted by molar-refractivity contribution is 0.580. The molecule has 2 N–H and O–H groups in total. The summed E-state index contributed by atoms with van der Waals surface area (Å²) < 4.78 is 0. The fourth-order valence-electron chi connectivity index (χ4n) is 2.47. The zero-order valence-corrected chi connectivity index (χ0v) is 10.0. The van der Waals surface area contributed by atoms with Gasteiger partial charge < -0.3 is 10.6 Å². The highest BCUT2D eigenvalue weighted by Crippen LogP contribution is 2.23. The minimum Gasteiger partial charge on any atom is -0.367 e. The Morgan fingerprint density at radius 2 is 2.31 bits per heavy atom. The first-order valence-corrected chi connectivity index (χ1v) is 6.20. The molecule has 3 nitrogen and oxygen atoms in total. The van der Waals surface area contributed by atoms with E-state index in [2.05, 4.69) is 22.0 Å². The zero-order chi connectivity index (χ0) is 11.4. The maximum atomic E-state index is 5.88. The van der Waals surface area contributed by atoms with Crippen LogP contribution in [0.25, 0.3) is 0 Å². The molecule has 0 bridgehead atoms. The summed E-state index contributed by atoms with van der Waals surface area (Å²) in [5.74, 6) is 0. The molecule has 1 unspecified atom stereocenters. The summed E-state index contributed by atoms with van der Waals surface area (Å²) in [6, 6.07) is 4.76. The lowest BCUT2D eigenvalue weighted by Gasteiger charge is -2.31. The van der Waals surface area contributed by atoms with Crippen LogP contribution in [0, 0.1) is 6.92 Å². The Morgan fingerprint density at radius 3 is 3.06 bits per heavy atom. The highest BCUT2D eigenvalue weighted by Gasteiger charge is 2.19. The van der Waals surface area contributed by atoms with E-state index in [0.29, 0.717) is 6.04 Å². The van der Waals surface area contributed by atoms with Crippen LogP contribution in [0.3, 0.4) is 0 Å². The van der Waals surface area contributed by atoms with Crippen molar-refractivity contribution in [3.63, 3.8) is 0 Å². The van der Waals surface area contributed by atoms with E-state index in [1.165, 1.54) is 31.4 Å². The van der Waals surface area contributed by atoms with Crippen LogP contribution in [0.2, 0.25) is 0 Å². The molecule has 1 fully saturated rings. The highest BCUT2D eigenvalue weighted by atomic mass is 15.2. The lowest BCUT2D eigenvalue weighted by atomic mass is 10.1. The molecule has 1 atom stereocenters. The number of aromatic nitrogens is 1. The van der Waals surface area contributed by atoms with E-state index < -0.39 is 0 Å². The summed E-state index contributed by atoms with van der Waals surface area (Å²) in [6.45, 7) is 3.92. The minimum absolute atomic E-state index is 0.504. The Morgan fingerprint density at radius 1 is 1.44 bits per heavy atom. The second-order valence-corrected chi connectivity index (χ2v) is 4.59. The molecule has 1 saturated heterocycles. The number of nitrogens with zero attached hydrogens (tertiary/aromatic N) is 2. The third kappa shape index (κ3) is 2.53. The molecule has 88 valence electrons. The van der Waals surface area contributed by atoms with Crippen LogP contribution in [-0.4, -0.2) is 24.1 Å². The topological polar surface area (TPSA) is 42.1 Å². The summed E-state index contributed by atoms with van der Waals surface area (Å²) in [7, 11) is 0. The molecule has 2 heterocycles. The van der Waals surface area contributed by atoms with E-state index in [0.717, 1.165) is 18.8 Å². The van der Waals surface area contributed by atoms with Gasteiger partial charge in [0.1, 0.15) is 0 Å². The van der Waals surface area contributed by atoms with Crippen LogP contribution in [0.1, 0.15) is 31.4 Å². The number of aryl methyl sites for hydroxylation is 1. The number of pyridine rings is 1. The van der Waals surface area contributed by atoms with Crippen LogP contribution >= 0.6 is 0 Å². The first-order chi connectivity index (χ1) is 7.81. The largest absolute Gasteiger partial charge is 0.367 e. The third-order valence-corrected chi connectivity index (χ3v) is 3.36.